The Hall–Kier alpha value is -1.00. The molecule has 0 bridgehead atoms. The van der Waals surface area contributed by atoms with E-state index in [-0.39, 0.29) is 6.61 Å². The molecule has 0 fully saturated rings. The van der Waals surface area contributed by atoms with E-state index < -0.39 is 11.4 Å². The number of thioether (sulfide) groups is 1. The summed E-state index contributed by atoms with van der Waals surface area (Å²) >= 11 is 1.69. The van der Waals surface area contributed by atoms with Gasteiger partial charge in [0.15, 0.2) is 0 Å². The molecule has 0 aliphatic carbocycles. The Morgan fingerprint density at radius 2 is 2.19 bits per heavy atom. The van der Waals surface area contributed by atoms with Crippen molar-refractivity contribution >= 4 is 17.7 Å². The summed E-state index contributed by atoms with van der Waals surface area (Å²) in [5, 5.41) is 18.5. The van der Waals surface area contributed by atoms with E-state index in [1.807, 2.05) is 24.3 Å². The van der Waals surface area contributed by atoms with Gasteiger partial charge in [-0.1, -0.05) is 18.2 Å². The van der Waals surface area contributed by atoms with Crippen molar-refractivity contribution in [3.05, 3.63) is 29.8 Å². The van der Waals surface area contributed by atoms with Crippen LogP contribution >= 0.6 is 11.8 Å². The number of fused-ring (bicyclic) bond motifs is 1. The van der Waals surface area contributed by atoms with Crippen LogP contribution in [0.1, 0.15) is 18.4 Å². The molecule has 0 amide bonds. The molecular formula is C12H14O3S. The maximum atomic E-state index is 11.5. The second-order valence-corrected chi connectivity index (χ2v) is 5.09. The summed E-state index contributed by atoms with van der Waals surface area (Å²) in [6.45, 7) is -0.0920. The fraction of sp³-hybridized carbons (Fsp3) is 0.417. The summed E-state index contributed by atoms with van der Waals surface area (Å²) in [7, 11) is 0. The molecule has 86 valence electrons. The highest BCUT2D eigenvalue weighted by Gasteiger charge is 2.43. The van der Waals surface area contributed by atoms with Crippen LogP contribution in [-0.4, -0.2) is 28.5 Å². The van der Waals surface area contributed by atoms with E-state index >= 15 is 0 Å². The molecule has 1 heterocycles. The topological polar surface area (TPSA) is 57.5 Å². The number of aliphatic carboxylic acids is 1. The first-order valence-corrected chi connectivity index (χ1v) is 6.26. The van der Waals surface area contributed by atoms with Crippen LogP contribution in [-0.2, 0) is 10.2 Å². The van der Waals surface area contributed by atoms with Crippen LogP contribution in [0.15, 0.2) is 29.2 Å². The number of carbonyl (C=O) groups is 1. The number of rotatable bonds is 3. The lowest BCUT2D eigenvalue weighted by atomic mass is 9.75. The second-order valence-electron chi connectivity index (χ2n) is 3.96. The van der Waals surface area contributed by atoms with Gasteiger partial charge < -0.3 is 10.2 Å². The number of aliphatic hydroxyl groups excluding tert-OH is 1. The van der Waals surface area contributed by atoms with Gasteiger partial charge in [0.1, 0.15) is 0 Å². The molecule has 1 aromatic carbocycles. The quantitative estimate of drug-likeness (QED) is 0.844. The van der Waals surface area contributed by atoms with E-state index in [0.717, 1.165) is 16.2 Å². The fourth-order valence-corrected chi connectivity index (χ4v) is 3.50. The SMILES string of the molecule is O=C(O)C1(CCO)CCSc2ccccc21. The molecule has 1 unspecified atom stereocenters. The maximum Gasteiger partial charge on any atom is 0.314 e. The summed E-state index contributed by atoms with van der Waals surface area (Å²) in [5.41, 5.74) is -0.0378. The van der Waals surface area contributed by atoms with Crippen LogP contribution in [0.2, 0.25) is 0 Å². The largest absolute Gasteiger partial charge is 0.481 e. The van der Waals surface area contributed by atoms with Crippen molar-refractivity contribution in [2.75, 3.05) is 12.4 Å². The molecule has 1 aliphatic heterocycles. The van der Waals surface area contributed by atoms with Crippen molar-refractivity contribution in [3.8, 4) is 0 Å². The molecule has 0 spiro atoms. The summed E-state index contributed by atoms with van der Waals surface area (Å²) in [6, 6.07) is 7.60. The van der Waals surface area contributed by atoms with Crippen LogP contribution in [0, 0.1) is 0 Å². The highest BCUT2D eigenvalue weighted by molar-refractivity contribution is 7.99. The molecule has 16 heavy (non-hydrogen) atoms. The highest BCUT2D eigenvalue weighted by atomic mass is 32.2. The van der Waals surface area contributed by atoms with Gasteiger partial charge in [-0.15, -0.1) is 11.8 Å². The molecule has 4 heteroatoms. The lowest BCUT2D eigenvalue weighted by molar-refractivity contribution is -0.145. The second kappa shape index (κ2) is 4.47. The first-order valence-electron chi connectivity index (χ1n) is 5.27. The normalized spacial score (nSPS) is 23.8. The van der Waals surface area contributed by atoms with E-state index in [0.29, 0.717) is 12.8 Å². The molecular weight excluding hydrogens is 224 g/mol. The van der Waals surface area contributed by atoms with E-state index in [1.54, 1.807) is 11.8 Å². The predicted molar refractivity (Wildman–Crippen MR) is 62.8 cm³/mol. The lowest BCUT2D eigenvalue weighted by Gasteiger charge is -2.34. The van der Waals surface area contributed by atoms with Gasteiger partial charge in [-0.25, -0.2) is 0 Å². The van der Waals surface area contributed by atoms with E-state index in [1.165, 1.54) is 0 Å². The third-order valence-electron chi connectivity index (χ3n) is 3.14. The molecule has 3 nitrogen and oxygen atoms in total. The van der Waals surface area contributed by atoms with Gasteiger partial charge in [-0.05, 0) is 30.2 Å². The van der Waals surface area contributed by atoms with Gasteiger partial charge in [0.05, 0.1) is 5.41 Å². The summed E-state index contributed by atoms with van der Waals surface area (Å²) < 4.78 is 0. The number of hydrogen-bond acceptors (Lipinski definition) is 3. The minimum atomic E-state index is -0.892. The van der Waals surface area contributed by atoms with Gasteiger partial charge in [-0.3, -0.25) is 4.79 Å². The number of hydrogen-bond donors (Lipinski definition) is 2. The average molecular weight is 238 g/mol. The molecule has 0 saturated carbocycles. The Labute approximate surface area is 98.5 Å². The Balaban J connectivity index is 2.52. The molecule has 2 rings (SSSR count). The van der Waals surface area contributed by atoms with Gasteiger partial charge in [0.25, 0.3) is 0 Å². The third-order valence-corrected chi connectivity index (χ3v) is 4.21. The summed E-state index contributed by atoms with van der Waals surface area (Å²) in [4.78, 5) is 12.5. The van der Waals surface area contributed by atoms with Gasteiger partial charge in [0, 0.05) is 11.5 Å². The van der Waals surface area contributed by atoms with Crippen molar-refractivity contribution in [1.29, 1.82) is 0 Å². The molecule has 1 aromatic rings. The predicted octanol–water partition coefficient (Wildman–Crippen LogP) is 1.89. The Morgan fingerprint density at radius 1 is 1.44 bits per heavy atom. The Kier molecular flexibility index (Phi) is 3.21. The number of benzene rings is 1. The first kappa shape index (κ1) is 11.5. The summed E-state index contributed by atoms with van der Waals surface area (Å²) in [5.74, 6) is -0.0298. The first-order chi connectivity index (χ1) is 7.70. The molecule has 1 atom stereocenters. The Morgan fingerprint density at radius 3 is 2.88 bits per heavy atom. The van der Waals surface area contributed by atoms with Gasteiger partial charge in [0.2, 0.25) is 0 Å². The van der Waals surface area contributed by atoms with E-state index in [9.17, 15) is 9.90 Å². The van der Waals surface area contributed by atoms with Crippen molar-refractivity contribution in [3.63, 3.8) is 0 Å². The Bertz CT molecular complexity index is 405. The van der Waals surface area contributed by atoms with Crippen molar-refractivity contribution in [2.45, 2.75) is 23.2 Å². The fourth-order valence-electron chi connectivity index (χ4n) is 2.24. The van der Waals surface area contributed by atoms with Crippen LogP contribution in [0.3, 0.4) is 0 Å². The third kappa shape index (κ3) is 1.72. The van der Waals surface area contributed by atoms with Gasteiger partial charge >= 0.3 is 5.97 Å². The molecule has 1 aliphatic rings. The zero-order chi connectivity index (χ0) is 11.6. The maximum absolute atomic E-state index is 11.5. The van der Waals surface area contributed by atoms with Crippen LogP contribution in [0.25, 0.3) is 0 Å². The molecule has 0 aromatic heterocycles. The van der Waals surface area contributed by atoms with Crippen molar-refractivity contribution in [1.82, 2.24) is 0 Å². The lowest BCUT2D eigenvalue weighted by Crippen LogP contribution is -2.39. The zero-order valence-electron chi connectivity index (χ0n) is 8.85. The highest BCUT2D eigenvalue weighted by Crippen LogP contribution is 2.43. The summed E-state index contributed by atoms with van der Waals surface area (Å²) in [6.07, 6.45) is 0.879. The molecule has 2 N–H and O–H groups in total. The standard InChI is InChI=1S/C12H14O3S/c13-7-5-12(11(14)15)6-8-16-10-4-2-1-3-9(10)12/h1-4,13H,5-8H2,(H,14,15). The minimum Gasteiger partial charge on any atom is -0.481 e. The zero-order valence-corrected chi connectivity index (χ0v) is 9.67. The number of carboxylic acid groups (broad SMARTS) is 1. The van der Waals surface area contributed by atoms with Crippen molar-refractivity contribution < 1.29 is 15.0 Å². The average Bonchev–Trinajstić information content (AvgIpc) is 2.29. The number of carboxylic acids is 1. The van der Waals surface area contributed by atoms with E-state index in [4.69, 9.17) is 5.11 Å². The van der Waals surface area contributed by atoms with Crippen LogP contribution in [0.4, 0.5) is 0 Å². The minimum absolute atomic E-state index is 0.0920. The molecule has 0 radical (unpaired) electrons. The van der Waals surface area contributed by atoms with E-state index in [2.05, 4.69) is 0 Å². The smallest absolute Gasteiger partial charge is 0.314 e. The number of aliphatic hydroxyl groups is 1. The van der Waals surface area contributed by atoms with Crippen molar-refractivity contribution in [2.24, 2.45) is 0 Å². The molecule has 0 saturated heterocycles. The van der Waals surface area contributed by atoms with Crippen LogP contribution in [0.5, 0.6) is 0 Å². The van der Waals surface area contributed by atoms with Gasteiger partial charge in [-0.2, -0.15) is 0 Å². The monoisotopic (exact) mass is 238 g/mol. The van der Waals surface area contributed by atoms with Crippen LogP contribution < -0.4 is 0 Å².